The third kappa shape index (κ3) is 4.61. The van der Waals surface area contributed by atoms with Crippen LogP contribution in [0.4, 0.5) is 9.52 Å². The van der Waals surface area contributed by atoms with Gasteiger partial charge in [-0.15, -0.1) is 11.3 Å². The number of aryl methyl sites for hydroxylation is 1. The van der Waals surface area contributed by atoms with E-state index in [2.05, 4.69) is 29.1 Å². The summed E-state index contributed by atoms with van der Waals surface area (Å²) in [6.45, 7) is 2.60. The van der Waals surface area contributed by atoms with Crippen LogP contribution < -0.4 is 4.90 Å². The minimum absolute atomic E-state index is 0.150. The van der Waals surface area contributed by atoms with Crippen molar-refractivity contribution >= 4 is 22.4 Å². The number of thiazole rings is 1. The number of hydrogen-bond donors (Lipinski definition) is 1. The van der Waals surface area contributed by atoms with Gasteiger partial charge < -0.3 is 19.3 Å². The standard InChI is InChI=1S/C31H30FN3O4S/c1-17-4-2-3-5-23(17)28-25(29(39-34-28)18-6-7-18)15-38-22-13-20-9-10-21(14-22)35(20)31-33-27(16-40-31)19-8-11-24(30(36)37)26(32)12-19/h2-5,8,11-12,16,18,20-22H,6-7,9-10,13-15H2,1H3,(H,36,37)/t20-,21+,22+. The maximum atomic E-state index is 14.3. The second kappa shape index (κ2) is 10.1. The zero-order chi connectivity index (χ0) is 27.4. The van der Waals surface area contributed by atoms with E-state index in [0.717, 1.165) is 66.2 Å². The Morgan fingerprint density at radius 1 is 1.15 bits per heavy atom. The van der Waals surface area contributed by atoms with E-state index in [1.807, 2.05) is 17.5 Å². The van der Waals surface area contributed by atoms with Crippen molar-refractivity contribution in [2.45, 2.75) is 76.2 Å². The Morgan fingerprint density at radius 3 is 2.62 bits per heavy atom. The average molecular weight is 560 g/mol. The molecular weight excluding hydrogens is 529 g/mol. The molecule has 0 amide bonds. The summed E-state index contributed by atoms with van der Waals surface area (Å²) in [4.78, 5) is 18.4. The number of benzene rings is 2. The molecule has 2 bridgehead atoms. The number of ether oxygens (including phenoxy) is 1. The van der Waals surface area contributed by atoms with Crippen LogP contribution in [0.25, 0.3) is 22.5 Å². The summed E-state index contributed by atoms with van der Waals surface area (Å²) in [5, 5.41) is 16.5. The van der Waals surface area contributed by atoms with Crippen molar-refractivity contribution in [1.29, 1.82) is 0 Å². The number of rotatable bonds is 8. The molecule has 3 fully saturated rings. The number of fused-ring (bicyclic) bond motifs is 2. The highest BCUT2D eigenvalue weighted by molar-refractivity contribution is 7.14. The van der Waals surface area contributed by atoms with Crippen LogP contribution in [-0.2, 0) is 11.3 Å². The zero-order valence-electron chi connectivity index (χ0n) is 22.2. The van der Waals surface area contributed by atoms with Crippen LogP contribution in [0.15, 0.2) is 52.4 Å². The number of anilines is 1. The van der Waals surface area contributed by atoms with E-state index >= 15 is 0 Å². The molecule has 7 nitrogen and oxygen atoms in total. The lowest BCUT2D eigenvalue weighted by Crippen LogP contribution is -2.45. The fourth-order valence-electron chi connectivity index (χ4n) is 6.32. The van der Waals surface area contributed by atoms with Gasteiger partial charge in [0, 0.05) is 40.1 Å². The molecule has 4 heterocycles. The largest absolute Gasteiger partial charge is 0.478 e. The summed E-state index contributed by atoms with van der Waals surface area (Å²) >= 11 is 1.55. The number of halogens is 1. The molecule has 2 aliphatic heterocycles. The van der Waals surface area contributed by atoms with Gasteiger partial charge in [-0.3, -0.25) is 0 Å². The first-order valence-electron chi connectivity index (χ1n) is 13.9. The molecule has 0 spiro atoms. The van der Waals surface area contributed by atoms with E-state index in [4.69, 9.17) is 19.4 Å². The van der Waals surface area contributed by atoms with E-state index < -0.39 is 11.8 Å². The summed E-state index contributed by atoms with van der Waals surface area (Å²) in [6, 6.07) is 13.1. The van der Waals surface area contributed by atoms with Crippen LogP contribution in [0.3, 0.4) is 0 Å². The van der Waals surface area contributed by atoms with Crippen molar-refractivity contribution in [2.75, 3.05) is 4.90 Å². The Balaban J connectivity index is 1.06. The van der Waals surface area contributed by atoms with Crippen LogP contribution in [0.5, 0.6) is 0 Å². The Morgan fingerprint density at radius 2 is 1.93 bits per heavy atom. The smallest absolute Gasteiger partial charge is 0.338 e. The quantitative estimate of drug-likeness (QED) is 0.244. The molecule has 0 unspecified atom stereocenters. The second-order valence-corrected chi connectivity index (χ2v) is 12.0. The molecule has 3 atom stereocenters. The molecule has 1 aliphatic carbocycles. The minimum atomic E-state index is -1.27. The first-order chi connectivity index (χ1) is 19.5. The second-order valence-electron chi connectivity index (χ2n) is 11.2. The van der Waals surface area contributed by atoms with Crippen molar-refractivity contribution in [2.24, 2.45) is 0 Å². The highest BCUT2D eigenvalue weighted by Crippen LogP contribution is 2.46. The van der Waals surface area contributed by atoms with Gasteiger partial charge in [0.15, 0.2) is 5.13 Å². The lowest BCUT2D eigenvalue weighted by Gasteiger charge is -2.38. The van der Waals surface area contributed by atoms with Crippen LogP contribution in [0.1, 0.15) is 71.7 Å². The summed E-state index contributed by atoms with van der Waals surface area (Å²) in [6.07, 6.45) is 6.48. The lowest BCUT2D eigenvalue weighted by atomic mass is 9.99. The van der Waals surface area contributed by atoms with Crippen LogP contribution >= 0.6 is 11.3 Å². The highest BCUT2D eigenvalue weighted by Gasteiger charge is 2.43. The van der Waals surface area contributed by atoms with Crippen molar-refractivity contribution in [1.82, 2.24) is 10.1 Å². The van der Waals surface area contributed by atoms with E-state index in [0.29, 0.717) is 35.9 Å². The predicted molar refractivity (Wildman–Crippen MR) is 150 cm³/mol. The van der Waals surface area contributed by atoms with Gasteiger partial charge >= 0.3 is 5.97 Å². The van der Waals surface area contributed by atoms with E-state index in [1.54, 1.807) is 17.4 Å². The molecule has 4 aromatic rings. The molecule has 2 aromatic heterocycles. The number of aromatic nitrogens is 2. The number of carbonyl (C=O) groups is 1. The number of nitrogens with zero attached hydrogens (tertiary/aromatic N) is 3. The Kier molecular flexibility index (Phi) is 6.43. The van der Waals surface area contributed by atoms with Crippen molar-refractivity contribution < 1.29 is 23.6 Å². The normalized spacial score (nSPS) is 22.1. The maximum Gasteiger partial charge on any atom is 0.338 e. The van der Waals surface area contributed by atoms with Gasteiger partial charge in [-0.2, -0.15) is 0 Å². The van der Waals surface area contributed by atoms with Crippen LogP contribution in [0, 0.1) is 12.7 Å². The van der Waals surface area contributed by atoms with Gasteiger partial charge in [-0.1, -0.05) is 35.5 Å². The Hall–Kier alpha value is -3.56. The Bertz CT molecular complexity index is 1560. The zero-order valence-corrected chi connectivity index (χ0v) is 23.0. The fourth-order valence-corrected chi connectivity index (χ4v) is 7.29. The van der Waals surface area contributed by atoms with E-state index in [9.17, 15) is 9.18 Å². The summed E-state index contributed by atoms with van der Waals surface area (Å²) in [5.74, 6) is -0.582. The van der Waals surface area contributed by atoms with Crippen LogP contribution in [0.2, 0.25) is 0 Å². The fraction of sp³-hybridized carbons (Fsp3) is 0.387. The number of aromatic carboxylic acids is 1. The SMILES string of the molecule is Cc1ccccc1-c1noc(C2CC2)c1CO[C@H]1C[C@H]2CC[C@@H](C1)N2c1nc(-c2ccc(C(=O)O)c(F)c2)cs1. The molecule has 206 valence electrons. The molecular formula is C31H30FN3O4S. The first-order valence-corrected chi connectivity index (χ1v) is 14.8. The molecule has 2 saturated heterocycles. The molecule has 1 saturated carbocycles. The Labute approximate surface area is 235 Å². The first kappa shape index (κ1) is 25.4. The van der Waals surface area contributed by atoms with Crippen LogP contribution in [-0.4, -0.2) is 39.4 Å². The lowest BCUT2D eigenvalue weighted by molar-refractivity contribution is 0.0147. The monoisotopic (exact) mass is 559 g/mol. The highest BCUT2D eigenvalue weighted by atomic mass is 32.1. The van der Waals surface area contributed by atoms with Crippen molar-refractivity contribution in [3.63, 3.8) is 0 Å². The number of hydrogen-bond acceptors (Lipinski definition) is 7. The van der Waals surface area contributed by atoms with Crippen molar-refractivity contribution in [3.8, 4) is 22.5 Å². The molecule has 7 rings (SSSR count). The van der Waals surface area contributed by atoms with E-state index in [1.165, 1.54) is 17.7 Å². The van der Waals surface area contributed by atoms with E-state index in [-0.39, 0.29) is 11.7 Å². The molecule has 9 heteroatoms. The summed E-state index contributed by atoms with van der Waals surface area (Å²) in [5.41, 5.74) is 5.19. The molecule has 0 radical (unpaired) electrons. The van der Waals surface area contributed by atoms with Gasteiger partial charge in [0.25, 0.3) is 0 Å². The third-order valence-corrected chi connectivity index (χ3v) is 9.38. The molecule has 3 aliphatic rings. The number of carboxylic acid groups (broad SMARTS) is 1. The van der Waals surface area contributed by atoms with Gasteiger partial charge in [0.2, 0.25) is 0 Å². The van der Waals surface area contributed by atoms with Crippen molar-refractivity contribution in [3.05, 3.63) is 76.1 Å². The van der Waals surface area contributed by atoms with Gasteiger partial charge in [0.1, 0.15) is 17.3 Å². The summed E-state index contributed by atoms with van der Waals surface area (Å²) in [7, 11) is 0. The van der Waals surface area contributed by atoms with Gasteiger partial charge in [-0.05, 0) is 63.1 Å². The number of piperidine rings is 1. The minimum Gasteiger partial charge on any atom is -0.478 e. The maximum absolute atomic E-state index is 14.3. The molecule has 2 aromatic carbocycles. The molecule has 40 heavy (non-hydrogen) atoms. The molecule has 1 N–H and O–H groups in total. The van der Waals surface area contributed by atoms with Gasteiger partial charge in [-0.25, -0.2) is 14.2 Å². The summed E-state index contributed by atoms with van der Waals surface area (Å²) < 4.78 is 26.7. The topological polar surface area (TPSA) is 88.7 Å². The average Bonchev–Trinajstić information content (AvgIpc) is 3.40. The predicted octanol–water partition coefficient (Wildman–Crippen LogP) is 7.20. The van der Waals surface area contributed by atoms with Gasteiger partial charge in [0.05, 0.1) is 24.0 Å². The number of carboxylic acids is 1. The third-order valence-electron chi connectivity index (χ3n) is 8.53.